The van der Waals surface area contributed by atoms with Crippen LogP contribution in [0.15, 0.2) is 24.3 Å². The molecule has 2 heterocycles. The van der Waals surface area contributed by atoms with Gasteiger partial charge in [-0.3, -0.25) is 9.48 Å². The number of anilines is 1. The summed E-state index contributed by atoms with van der Waals surface area (Å²) in [5.74, 6) is -0.716. The van der Waals surface area contributed by atoms with E-state index < -0.39 is 5.82 Å². The van der Waals surface area contributed by atoms with E-state index in [4.69, 9.17) is 23.2 Å². The van der Waals surface area contributed by atoms with Crippen molar-refractivity contribution in [1.82, 2.24) is 14.8 Å². The summed E-state index contributed by atoms with van der Waals surface area (Å²) in [6.45, 7) is 1.80. The van der Waals surface area contributed by atoms with Gasteiger partial charge in [-0.2, -0.15) is 5.10 Å². The first kappa shape index (κ1) is 17.8. The number of halogens is 3. The third-order valence-electron chi connectivity index (χ3n) is 3.43. The topological polar surface area (TPSA) is 59.8 Å². The Hall–Kier alpha value is -1.96. The van der Waals surface area contributed by atoms with Crippen LogP contribution in [0.1, 0.15) is 26.8 Å². The quantitative estimate of drug-likeness (QED) is 0.704. The van der Waals surface area contributed by atoms with Gasteiger partial charge >= 0.3 is 0 Å². The highest BCUT2D eigenvalue weighted by atomic mass is 35.5. The third-order valence-corrected chi connectivity index (χ3v) is 4.90. The number of nitrogens with zero attached hydrogens (tertiary/aromatic N) is 3. The molecule has 0 saturated carbocycles. The minimum atomic E-state index is -0.391. The molecule has 1 amide bonds. The molecule has 3 rings (SSSR count). The van der Waals surface area contributed by atoms with Gasteiger partial charge < -0.3 is 5.32 Å². The van der Waals surface area contributed by atoms with Crippen LogP contribution in [0.25, 0.3) is 0 Å². The number of amides is 1. The molecule has 25 heavy (non-hydrogen) atoms. The number of hydrogen-bond acceptors (Lipinski definition) is 4. The largest absolute Gasteiger partial charge is 0.311 e. The molecule has 0 bridgehead atoms. The van der Waals surface area contributed by atoms with Gasteiger partial charge in [-0.05, 0) is 30.7 Å². The van der Waals surface area contributed by atoms with E-state index in [0.717, 1.165) is 10.6 Å². The van der Waals surface area contributed by atoms with Crippen LogP contribution >= 0.6 is 34.5 Å². The third kappa shape index (κ3) is 4.18. The lowest BCUT2D eigenvalue weighted by Gasteiger charge is -2.03. The Kier molecular flexibility index (Phi) is 5.08. The summed E-state index contributed by atoms with van der Waals surface area (Å²) in [4.78, 5) is 16.8. The Balaban J connectivity index is 1.78. The second-order valence-electron chi connectivity index (χ2n) is 5.41. The van der Waals surface area contributed by atoms with Crippen LogP contribution in [-0.2, 0) is 13.5 Å². The highest BCUT2D eigenvalue weighted by Crippen LogP contribution is 2.27. The van der Waals surface area contributed by atoms with Gasteiger partial charge in [0.2, 0.25) is 0 Å². The molecule has 3 aromatic rings. The SMILES string of the molecule is Cc1nc(Cc2cc(F)cc(Cl)c2)sc1NC(=O)c1cc(Cl)nn1C. The summed E-state index contributed by atoms with van der Waals surface area (Å²) >= 11 is 13.0. The first-order chi connectivity index (χ1) is 11.8. The number of nitrogens with one attached hydrogen (secondary N) is 1. The highest BCUT2D eigenvalue weighted by Gasteiger charge is 2.16. The van der Waals surface area contributed by atoms with E-state index in [1.165, 1.54) is 34.2 Å². The van der Waals surface area contributed by atoms with Gasteiger partial charge in [-0.1, -0.05) is 23.2 Å². The Labute approximate surface area is 157 Å². The average molecular weight is 399 g/mol. The number of carbonyl (C=O) groups excluding carboxylic acids is 1. The lowest BCUT2D eigenvalue weighted by Crippen LogP contribution is -2.15. The van der Waals surface area contributed by atoms with E-state index in [1.807, 2.05) is 0 Å². The number of carbonyl (C=O) groups is 1. The van der Waals surface area contributed by atoms with E-state index >= 15 is 0 Å². The molecule has 0 aliphatic carbocycles. The summed E-state index contributed by atoms with van der Waals surface area (Å²) in [6, 6.07) is 5.85. The van der Waals surface area contributed by atoms with Gasteiger partial charge in [0.15, 0.2) is 5.15 Å². The van der Waals surface area contributed by atoms with Crippen LogP contribution < -0.4 is 5.32 Å². The van der Waals surface area contributed by atoms with Crippen LogP contribution in [0, 0.1) is 12.7 Å². The average Bonchev–Trinajstić information content (AvgIpc) is 3.00. The predicted molar refractivity (Wildman–Crippen MR) is 97.2 cm³/mol. The van der Waals surface area contributed by atoms with Crippen molar-refractivity contribution in [3.8, 4) is 0 Å². The predicted octanol–water partition coefficient (Wildman–Crippen LogP) is 4.47. The van der Waals surface area contributed by atoms with E-state index in [2.05, 4.69) is 15.4 Å². The molecule has 0 atom stereocenters. The minimum Gasteiger partial charge on any atom is -0.311 e. The molecule has 2 aromatic heterocycles. The molecule has 0 radical (unpaired) electrons. The van der Waals surface area contributed by atoms with Gasteiger partial charge in [-0.25, -0.2) is 9.37 Å². The Bertz CT molecular complexity index is 934. The van der Waals surface area contributed by atoms with Gasteiger partial charge in [0.25, 0.3) is 5.91 Å². The van der Waals surface area contributed by atoms with Gasteiger partial charge in [0.1, 0.15) is 16.5 Å². The fourth-order valence-electron chi connectivity index (χ4n) is 2.34. The van der Waals surface area contributed by atoms with Gasteiger partial charge in [0, 0.05) is 24.6 Å². The van der Waals surface area contributed by atoms with E-state index in [9.17, 15) is 9.18 Å². The van der Waals surface area contributed by atoms with Crippen LogP contribution in [0.2, 0.25) is 10.2 Å². The molecule has 0 unspecified atom stereocenters. The second-order valence-corrected chi connectivity index (χ2v) is 7.31. The van der Waals surface area contributed by atoms with Crippen molar-refractivity contribution >= 4 is 45.4 Å². The summed E-state index contributed by atoms with van der Waals surface area (Å²) in [5.41, 5.74) is 1.75. The first-order valence-corrected chi connectivity index (χ1v) is 8.81. The van der Waals surface area contributed by atoms with Crippen molar-refractivity contribution in [3.63, 3.8) is 0 Å². The molecule has 0 aliphatic rings. The maximum atomic E-state index is 13.4. The zero-order chi connectivity index (χ0) is 18.1. The van der Waals surface area contributed by atoms with Crippen molar-refractivity contribution in [1.29, 1.82) is 0 Å². The maximum Gasteiger partial charge on any atom is 0.274 e. The molecule has 9 heteroatoms. The van der Waals surface area contributed by atoms with Gasteiger partial charge in [0.05, 0.1) is 10.7 Å². The standard InChI is InChI=1S/C16H13Cl2FN4OS/c1-8-16(21-15(24)12-7-13(18)22-23(12)2)25-14(20-8)5-9-3-10(17)6-11(19)4-9/h3-4,6-7H,5H2,1-2H3,(H,21,24). The van der Waals surface area contributed by atoms with E-state index in [0.29, 0.717) is 27.8 Å². The van der Waals surface area contributed by atoms with Crippen molar-refractivity contribution in [3.05, 3.63) is 62.2 Å². The summed E-state index contributed by atoms with van der Waals surface area (Å²) in [6.07, 6.45) is 0.427. The normalized spacial score (nSPS) is 10.9. The molecule has 0 spiro atoms. The number of thiazole rings is 1. The molecule has 1 N–H and O–H groups in total. The first-order valence-electron chi connectivity index (χ1n) is 7.24. The molecular formula is C16H13Cl2FN4OS. The fourth-order valence-corrected chi connectivity index (χ4v) is 3.80. The van der Waals surface area contributed by atoms with Crippen LogP contribution in [-0.4, -0.2) is 20.7 Å². The van der Waals surface area contributed by atoms with Gasteiger partial charge in [-0.15, -0.1) is 11.3 Å². The summed E-state index contributed by atoms with van der Waals surface area (Å²) in [5, 5.41) is 8.70. The highest BCUT2D eigenvalue weighted by molar-refractivity contribution is 7.16. The number of aromatic nitrogens is 3. The zero-order valence-electron chi connectivity index (χ0n) is 13.3. The molecule has 0 fully saturated rings. The number of benzene rings is 1. The Morgan fingerprint density at radius 1 is 1.32 bits per heavy atom. The molecule has 0 aliphatic heterocycles. The molecular weight excluding hydrogens is 386 g/mol. The Morgan fingerprint density at radius 3 is 2.72 bits per heavy atom. The smallest absolute Gasteiger partial charge is 0.274 e. The summed E-state index contributed by atoms with van der Waals surface area (Å²) < 4.78 is 14.8. The second kappa shape index (κ2) is 7.11. The van der Waals surface area contributed by atoms with Crippen molar-refractivity contribution in [2.75, 3.05) is 5.32 Å². The number of rotatable bonds is 4. The van der Waals surface area contributed by atoms with Crippen LogP contribution in [0.3, 0.4) is 0 Å². The van der Waals surface area contributed by atoms with E-state index in [1.54, 1.807) is 20.0 Å². The van der Waals surface area contributed by atoms with Crippen molar-refractivity contribution in [2.45, 2.75) is 13.3 Å². The van der Waals surface area contributed by atoms with Crippen LogP contribution in [0.5, 0.6) is 0 Å². The van der Waals surface area contributed by atoms with Crippen LogP contribution in [0.4, 0.5) is 9.39 Å². The minimum absolute atomic E-state index is 0.248. The molecule has 130 valence electrons. The van der Waals surface area contributed by atoms with Crippen molar-refractivity contribution in [2.24, 2.45) is 7.05 Å². The molecule has 1 aromatic carbocycles. The number of hydrogen-bond donors (Lipinski definition) is 1. The lowest BCUT2D eigenvalue weighted by atomic mass is 10.1. The van der Waals surface area contributed by atoms with E-state index in [-0.39, 0.29) is 11.1 Å². The lowest BCUT2D eigenvalue weighted by molar-refractivity contribution is 0.101. The Morgan fingerprint density at radius 2 is 2.08 bits per heavy atom. The fraction of sp³-hybridized carbons (Fsp3) is 0.188. The monoisotopic (exact) mass is 398 g/mol. The van der Waals surface area contributed by atoms with Crippen molar-refractivity contribution < 1.29 is 9.18 Å². The summed E-state index contributed by atoms with van der Waals surface area (Å²) in [7, 11) is 1.64. The maximum absolute atomic E-state index is 13.4. The molecule has 5 nitrogen and oxygen atoms in total. The number of aryl methyl sites for hydroxylation is 2. The zero-order valence-corrected chi connectivity index (χ0v) is 15.6. The molecule has 0 saturated heterocycles.